The molecule has 3 heterocycles. The fourth-order valence-electron chi connectivity index (χ4n) is 5.31. The van der Waals surface area contributed by atoms with Crippen LogP contribution in [0.3, 0.4) is 0 Å². The Bertz CT molecular complexity index is 1430. The van der Waals surface area contributed by atoms with Crippen molar-refractivity contribution in [1.29, 1.82) is 0 Å². The van der Waals surface area contributed by atoms with Gasteiger partial charge in [0.1, 0.15) is 23.5 Å². The Hall–Kier alpha value is -4.63. The van der Waals surface area contributed by atoms with Crippen molar-refractivity contribution in [2.75, 3.05) is 45.9 Å². The summed E-state index contributed by atoms with van der Waals surface area (Å²) in [6.45, 7) is 1.78. The predicted octanol–water partition coefficient (Wildman–Crippen LogP) is 2.43. The van der Waals surface area contributed by atoms with Crippen LogP contribution < -0.4 is 10.1 Å². The lowest BCUT2D eigenvalue weighted by atomic mass is 10.1. The number of halogens is 3. The number of carboxylic acid groups (broad SMARTS) is 1. The summed E-state index contributed by atoms with van der Waals surface area (Å²) in [7, 11) is 0. The highest BCUT2D eigenvalue weighted by molar-refractivity contribution is 5.99. The van der Waals surface area contributed by atoms with Crippen LogP contribution in [0.1, 0.15) is 43.1 Å². The number of hydrogen-bond acceptors (Lipinski definition) is 8. The molecular formula is C29H34F3N5O8. The molecule has 2 N–H and O–H groups in total. The highest BCUT2D eigenvalue weighted by Gasteiger charge is 2.47. The molecule has 4 rings (SSSR count). The molecule has 244 valence electrons. The molecule has 0 spiro atoms. The monoisotopic (exact) mass is 637 g/mol. The number of fused-ring (bicyclic) bond motifs is 1. The maximum Gasteiger partial charge on any atom is 0.409 e. The van der Waals surface area contributed by atoms with Crippen molar-refractivity contribution in [3.63, 3.8) is 0 Å². The van der Waals surface area contributed by atoms with E-state index in [1.165, 1.54) is 15.9 Å². The van der Waals surface area contributed by atoms with E-state index in [0.717, 1.165) is 4.90 Å². The SMILES string of the molecule is CCOC(=O)N1CCN(C(=O)[C@H](CCC(=O)O)NC(=O)c2cc(OCC(=O)N3CCC[C@H]3C(F)(F)F)c3ccccc3n2)CC1. The average molecular weight is 638 g/mol. The first kappa shape index (κ1) is 33.3. The second-order valence-electron chi connectivity index (χ2n) is 10.6. The van der Waals surface area contributed by atoms with Gasteiger partial charge in [-0.25, -0.2) is 9.78 Å². The summed E-state index contributed by atoms with van der Waals surface area (Å²) in [5.41, 5.74) is 0.0659. The Balaban J connectivity index is 1.49. The zero-order chi connectivity index (χ0) is 32.7. The zero-order valence-electron chi connectivity index (χ0n) is 24.5. The number of carbonyl (C=O) groups is 5. The summed E-state index contributed by atoms with van der Waals surface area (Å²) in [5.74, 6) is -3.39. The fourth-order valence-corrected chi connectivity index (χ4v) is 5.31. The minimum atomic E-state index is -4.57. The molecular weight excluding hydrogens is 603 g/mol. The van der Waals surface area contributed by atoms with Crippen molar-refractivity contribution in [3.05, 3.63) is 36.0 Å². The highest BCUT2D eigenvalue weighted by atomic mass is 19.4. The number of piperazine rings is 1. The average Bonchev–Trinajstić information content (AvgIpc) is 3.53. The van der Waals surface area contributed by atoms with E-state index in [9.17, 15) is 42.3 Å². The van der Waals surface area contributed by atoms with Gasteiger partial charge >= 0.3 is 18.2 Å². The summed E-state index contributed by atoms with van der Waals surface area (Å²) in [4.78, 5) is 70.7. The van der Waals surface area contributed by atoms with Crippen LogP contribution in [0.15, 0.2) is 30.3 Å². The number of aliphatic carboxylic acids is 1. The number of aromatic nitrogens is 1. The minimum absolute atomic E-state index is 0.0188. The summed E-state index contributed by atoms with van der Waals surface area (Å²) >= 11 is 0. The van der Waals surface area contributed by atoms with E-state index in [0.29, 0.717) is 5.39 Å². The van der Waals surface area contributed by atoms with Gasteiger partial charge in [0, 0.05) is 50.6 Å². The first-order chi connectivity index (χ1) is 21.4. The first-order valence-corrected chi connectivity index (χ1v) is 14.5. The van der Waals surface area contributed by atoms with Gasteiger partial charge in [0.05, 0.1) is 12.1 Å². The van der Waals surface area contributed by atoms with Crippen LogP contribution in [-0.4, -0.2) is 119 Å². The standard InChI is InChI=1S/C29H34F3N5O8/c1-2-44-28(43)36-14-12-35(13-15-36)27(42)20(9-10-25(39)40)34-26(41)21-16-22(18-6-3-4-7-19(18)33-21)45-17-24(38)37-11-5-8-23(37)29(30,31)32/h3-4,6-7,16,20,23H,2,5,8-15,17H2,1H3,(H,34,41)(H,39,40)/t20-,23-/m0/s1. The number of nitrogens with one attached hydrogen (secondary N) is 1. The Morgan fingerprint density at radius 2 is 1.76 bits per heavy atom. The van der Waals surface area contributed by atoms with Crippen molar-refractivity contribution < 1.29 is 51.7 Å². The summed E-state index contributed by atoms with van der Waals surface area (Å²) < 4.78 is 50.7. The Labute approximate surface area is 256 Å². The number of alkyl halides is 3. The van der Waals surface area contributed by atoms with Gasteiger partial charge in [-0.15, -0.1) is 0 Å². The maximum absolute atomic E-state index is 13.4. The molecule has 0 unspecified atom stereocenters. The van der Waals surface area contributed by atoms with E-state index < -0.39 is 61.1 Å². The van der Waals surface area contributed by atoms with Crippen LogP contribution in [-0.2, 0) is 19.1 Å². The summed E-state index contributed by atoms with van der Waals surface area (Å²) in [6, 6.07) is 4.55. The van der Waals surface area contributed by atoms with E-state index in [4.69, 9.17) is 9.47 Å². The largest absolute Gasteiger partial charge is 0.483 e. The number of pyridine rings is 1. The van der Waals surface area contributed by atoms with Crippen molar-refractivity contribution in [1.82, 2.24) is 25.0 Å². The third kappa shape index (κ3) is 8.30. The highest BCUT2D eigenvalue weighted by Crippen LogP contribution is 2.33. The molecule has 0 saturated carbocycles. The Kier molecular flexibility index (Phi) is 10.7. The molecule has 2 aromatic rings. The Morgan fingerprint density at radius 1 is 1.07 bits per heavy atom. The molecule has 2 atom stereocenters. The molecule has 2 aliphatic heterocycles. The number of likely N-dealkylation sites (tertiary alicyclic amines) is 1. The van der Waals surface area contributed by atoms with Gasteiger partial charge in [-0.05, 0) is 38.3 Å². The summed E-state index contributed by atoms with van der Waals surface area (Å²) in [6.07, 6.45) is -5.70. The van der Waals surface area contributed by atoms with Gasteiger partial charge in [0.15, 0.2) is 6.61 Å². The molecule has 2 fully saturated rings. The number of hydrogen-bond donors (Lipinski definition) is 2. The molecule has 0 bridgehead atoms. The van der Waals surface area contributed by atoms with E-state index >= 15 is 0 Å². The number of benzene rings is 1. The van der Waals surface area contributed by atoms with Crippen molar-refractivity contribution >= 4 is 40.7 Å². The van der Waals surface area contributed by atoms with Gasteiger partial charge in [-0.3, -0.25) is 19.2 Å². The number of nitrogens with zero attached hydrogens (tertiary/aromatic N) is 4. The number of para-hydroxylation sites is 1. The molecule has 2 saturated heterocycles. The normalized spacial score (nSPS) is 17.6. The van der Waals surface area contributed by atoms with E-state index in [-0.39, 0.29) is 75.6 Å². The number of rotatable bonds is 10. The lowest BCUT2D eigenvalue weighted by molar-refractivity contribution is -0.183. The molecule has 0 aliphatic carbocycles. The number of ether oxygens (including phenoxy) is 2. The predicted molar refractivity (Wildman–Crippen MR) is 151 cm³/mol. The molecule has 1 aromatic heterocycles. The van der Waals surface area contributed by atoms with Crippen LogP contribution in [0.4, 0.5) is 18.0 Å². The molecule has 2 aliphatic rings. The smallest absolute Gasteiger partial charge is 0.409 e. The van der Waals surface area contributed by atoms with Crippen molar-refractivity contribution in [2.45, 2.75) is 50.9 Å². The van der Waals surface area contributed by atoms with Crippen molar-refractivity contribution in [2.24, 2.45) is 0 Å². The van der Waals surface area contributed by atoms with Crippen molar-refractivity contribution in [3.8, 4) is 5.75 Å². The van der Waals surface area contributed by atoms with Crippen LogP contribution in [0.5, 0.6) is 5.75 Å². The second kappa shape index (κ2) is 14.4. The van der Waals surface area contributed by atoms with Crippen LogP contribution in [0.2, 0.25) is 0 Å². The molecule has 16 heteroatoms. The molecule has 13 nitrogen and oxygen atoms in total. The molecule has 0 radical (unpaired) electrons. The fraction of sp³-hybridized carbons (Fsp3) is 0.517. The first-order valence-electron chi connectivity index (χ1n) is 14.5. The van der Waals surface area contributed by atoms with Gasteiger partial charge in [-0.1, -0.05) is 12.1 Å². The second-order valence-corrected chi connectivity index (χ2v) is 10.6. The van der Waals surface area contributed by atoms with Gasteiger partial charge in [-0.2, -0.15) is 13.2 Å². The number of amides is 4. The third-order valence-corrected chi connectivity index (χ3v) is 7.58. The molecule has 1 aromatic carbocycles. The van der Waals surface area contributed by atoms with Crippen LogP contribution >= 0.6 is 0 Å². The molecule has 45 heavy (non-hydrogen) atoms. The van der Waals surface area contributed by atoms with Gasteiger partial charge in [0.25, 0.3) is 11.8 Å². The van der Waals surface area contributed by atoms with Crippen LogP contribution in [0.25, 0.3) is 10.9 Å². The maximum atomic E-state index is 13.4. The van der Waals surface area contributed by atoms with Gasteiger partial charge < -0.3 is 34.6 Å². The lowest BCUT2D eigenvalue weighted by Crippen LogP contribution is -2.56. The Morgan fingerprint density at radius 3 is 2.42 bits per heavy atom. The van der Waals surface area contributed by atoms with E-state index in [1.54, 1.807) is 31.2 Å². The summed E-state index contributed by atoms with van der Waals surface area (Å²) in [5, 5.41) is 12.2. The third-order valence-electron chi connectivity index (χ3n) is 7.58. The van der Waals surface area contributed by atoms with Gasteiger partial charge in [0.2, 0.25) is 5.91 Å². The van der Waals surface area contributed by atoms with E-state index in [1.807, 2.05) is 0 Å². The minimum Gasteiger partial charge on any atom is -0.483 e. The zero-order valence-corrected chi connectivity index (χ0v) is 24.5. The number of carbonyl (C=O) groups excluding carboxylic acids is 4. The molecule has 4 amide bonds. The van der Waals surface area contributed by atoms with E-state index in [2.05, 4.69) is 10.3 Å². The lowest BCUT2D eigenvalue weighted by Gasteiger charge is -2.35. The van der Waals surface area contributed by atoms with Crippen LogP contribution in [0, 0.1) is 0 Å². The quantitative estimate of drug-likeness (QED) is 0.399. The topological polar surface area (TPSA) is 159 Å². The number of carboxylic acids is 1.